The fraction of sp³-hybridized carbons (Fsp3) is 0.667. The number of hydrogen-bond acceptors (Lipinski definition) is 6. The number of benzene rings is 3. The summed E-state index contributed by atoms with van der Waals surface area (Å²) in [5, 5.41) is 0. The van der Waals surface area contributed by atoms with Gasteiger partial charge in [-0.25, -0.2) is 0 Å². The molecule has 0 amide bonds. The first kappa shape index (κ1) is 46.4. The van der Waals surface area contributed by atoms with Crippen molar-refractivity contribution < 1.29 is 28.4 Å². The van der Waals surface area contributed by atoms with Gasteiger partial charge in [0.2, 0.25) is 0 Å². The molecule has 3 unspecified atom stereocenters. The van der Waals surface area contributed by atoms with E-state index in [0.717, 1.165) is 49.9 Å². The predicted molar refractivity (Wildman–Crippen MR) is 247 cm³/mol. The van der Waals surface area contributed by atoms with Crippen molar-refractivity contribution in [3.8, 4) is 17.2 Å². The topological polar surface area (TPSA) is 65.3 Å². The van der Waals surface area contributed by atoms with E-state index in [9.17, 15) is 0 Å². The molecule has 6 heteroatoms. The summed E-state index contributed by atoms with van der Waals surface area (Å²) in [6.07, 6.45) is 2.38. The van der Waals surface area contributed by atoms with Gasteiger partial charge in [0.1, 0.15) is 55.4 Å². The molecule has 0 aromatic heterocycles. The molecule has 3 heterocycles. The largest absolute Gasteiger partial charge is 0.490 e. The van der Waals surface area contributed by atoms with E-state index in [1.54, 1.807) is 0 Å². The average molecular weight is 825 g/mol. The van der Waals surface area contributed by atoms with Crippen molar-refractivity contribution in [2.75, 3.05) is 39.6 Å². The molecule has 3 fully saturated rings. The van der Waals surface area contributed by atoms with Crippen LogP contribution in [0.1, 0.15) is 187 Å². The molecule has 0 saturated carbocycles. The van der Waals surface area contributed by atoms with E-state index in [4.69, 9.17) is 28.4 Å². The Morgan fingerprint density at radius 3 is 0.983 bits per heavy atom. The highest BCUT2D eigenvalue weighted by molar-refractivity contribution is 5.57. The third-order valence-corrected chi connectivity index (χ3v) is 12.3. The maximum absolute atomic E-state index is 6.68. The normalized spacial score (nSPS) is 20.2. The van der Waals surface area contributed by atoms with Crippen molar-refractivity contribution in [3.05, 3.63) is 86.5 Å². The Morgan fingerprint density at radius 2 is 0.700 bits per heavy atom. The van der Waals surface area contributed by atoms with Crippen LogP contribution in [-0.4, -0.2) is 58.0 Å². The molecule has 332 valence electrons. The molecule has 3 aliphatic rings. The summed E-state index contributed by atoms with van der Waals surface area (Å²) < 4.78 is 36.7. The SMILES string of the molecule is CC(C)(C)c1cc(OCC2CO2)c(C(C)(C)C)cc1CCC(c1cc(C(C)(C)C)c(OCC2CO2)cc1C(C)(C)C)c1cc(C(C)(C)C)c(OCC2CO2)cc1C(C)(C)C. The van der Waals surface area contributed by atoms with E-state index in [1.165, 1.54) is 50.1 Å². The zero-order valence-electron chi connectivity index (χ0n) is 40.9. The quantitative estimate of drug-likeness (QED) is 0.151. The summed E-state index contributed by atoms with van der Waals surface area (Å²) in [5.41, 5.74) is 11.1. The molecule has 60 heavy (non-hydrogen) atoms. The third-order valence-electron chi connectivity index (χ3n) is 12.3. The lowest BCUT2D eigenvalue weighted by molar-refractivity contribution is 0.257. The van der Waals surface area contributed by atoms with E-state index < -0.39 is 0 Å². The molecule has 6 rings (SSSR count). The lowest BCUT2D eigenvalue weighted by Gasteiger charge is -2.36. The fourth-order valence-corrected chi connectivity index (χ4v) is 8.53. The Balaban J connectivity index is 1.61. The van der Waals surface area contributed by atoms with Crippen LogP contribution in [0.5, 0.6) is 17.2 Å². The zero-order valence-corrected chi connectivity index (χ0v) is 40.9. The van der Waals surface area contributed by atoms with Gasteiger partial charge in [-0.05, 0) is 114 Å². The molecular weight excluding hydrogens is 745 g/mol. The second-order valence-corrected chi connectivity index (χ2v) is 24.3. The van der Waals surface area contributed by atoms with Crippen LogP contribution in [0.15, 0.2) is 36.4 Å². The van der Waals surface area contributed by atoms with Gasteiger partial charge in [-0.3, -0.25) is 0 Å². The first-order chi connectivity index (χ1) is 27.5. The standard InChI is InChI=1S/C54H80O6/c1-49(2,3)40-24-46(58-30-34-27-55-34)43(52(10,11)12)21-33(40)19-20-37(38-22-44(53(13,14)15)47(59-31-35-28-56-35)25-41(38)50(4,5)6)39-23-45(54(16,17)18)48(60-32-36-29-57-36)26-42(39)51(7,8)9/h21-26,34-37H,19-20,27-32H2,1-18H3. The van der Waals surface area contributed by atoms with E-state index >= 15 is 0 Å². The molecule has 3 aliphatic heterocycles. The van der Waals surface area contributed by atoms with Crippen LogP contribution in [0.3, 0.4) is 0 Å². The van der Waals surface area contributed by atoms with Crippen molar-refractivity contribution in [2.45, 2.75) is 194 Å². The van der Waals surface area contributed by atoms with Crippen LogP contribution in [0.2, 0.25) is 0 Å². The van der Waals surface area contributed by atoms with E-state index in [2.05, 4.69) is 161 Å². The van der Waals surface area contributed by atoms with Gasteiger partial charge >= 0.3 is 0 Å². The number of hydrogen-bond donors (Lipinski definition) is 0. The Labute approximate surface area is 364 Å². The third kappa shape index (κ3) is 11.5. The van der Waals surface area contributed by atoms with Gasteiger partial charge < -0.3 is 28.4 Å². The van der Waals surface area contributed by atoms with Crippen molar-refractivity contribution in [2.24, 2.45) is 0 Å². The number of aryl methyl sites for hydroxylation is 1. The second-order valence-electron chi connectivity index (χ2n) is 24.3. The summed E-state index contributed by atoms with van der Waals surface area (Å²) in [6.45, 7) is 46.0. The van der Waals surface area contributed by atoms with Crippen LogP contribution in [0.25, 0.3) is 0 Å². The van der Waals surface area contributed by atoms with Crippen molar-refractivity contribution in [1.29, 1.82) is 0 Å². The Morgan fingerprint density at radius 1 is 0.417 bits per heavy atom. The van der Waals surface area contributed by atoms with Crippen molar-refractivity contribution in [3.63, 3.8) is 0 Å². The smallest absolute Gasteiger partial charge is 0.123 e. The van der Waals surface area contributed by atoms with Crippen LogP contribution in [-0.2, 0) is 53.1 Å². The molecule has 0 radical (unpaired) electrons. The average Bonchev–Trinajstić information content (AvgIpc) is 3.95. The molecular formula is C54H80O6. The monoisotopic (exact) mass is 825 g/mol. The molecule has 0 bridgehead atoms. The van der Waals surface area contributed by atoms with Gasteiger partial charge in [0.15, 0.2) is 0 Å². The van der Waals surface area contributed by atoms with Crippen LogP contribution in [0.4, 0.5) is 0 Å². The predicted octanol–water partition coefficient (Wildman–Crippen LogP) is 12.6. The van der Waals surface area contributed by atoms with Gasteiger partial charge in [-0.2, -0.15) is 0 Å². The lowest BCUT2D eigenvalue weighted by atomic mass is 9.69. The Bertz CT molecular complexity index is 1890. The first-order valence-corrected chi connectivity index (χ1v) is 22.8. The van der Waals surface area contributed by atoms with E-state index in [-0.39, 0.29) is 56.7 Å². The van der Waals surface area contributed by atoms with E-state index in [1.807, 2.05) is 0 Å². The number of epoxide rings is 3. The minimum absolute atomic E-state index is 0.0751. The highest BCUT2D eigenvalue weighted by Crippen LogP contribution is 2.49. The van der Waals surface area contributed by atoms with Gasteiger partial charge in [0, 0.05) is 5.92 Å². The molecule has 0 aliphatic carbocycles. The van der Waals surface area contributed by atoms with Crippen molar-refractivity contribution in [1.82, 2.24) is 0 Å². The van der Waals surface area contributed by atoms with Gasteiger partial charge in [-0.15, -0.1) is 0 Å². The Hall–Kier alpha value is -3.06. The molecule has 0 spiro atoms. The highest BCUT2D eigenvalue weighted by atomic mass is 16.6. The minimum atomic E-state index is -0.152. The molecule has 3 atom stereocenters. The summed E-state index contributed by atoms with van der Waals surface area (Å²) in [5.74, 6) is 3.00. The summed E-state index contributed by atoms with van der Waals surface area (Å²) in [7, 11) is 0. The summed E-state index contributed by atoms with van der Waals surface area (Å²) in [4.78, 5) is 0. The Kier molecular flexibility index (Phi) is 12.8. The maximum Gasteiger partial charge on any atom is 0.123 e. The van der Waals surface area contributed by atoms with Crippen molar-refractivity contribution >= 4 is 0 Å². The number of ether oxygens (including phenoxy) is 6. The molecule has 6 nitrogen and oxygen atoms in total. The van der Waals surface area contributed by atoms with Gasteiger partial charge in [-0.1, -0.05) is 143 Å². The van der Waals surface area contributed by atoms with Crippen LogP contribution >= 0.6 is 0 Å². The fourth-order valence-electron chi connectivity index (χ4n) is 8.53. The molecule has 3 saturated heterocycles. The summed E-state index contributed by atoms with van der Waals surface area (Å²) in [6, 6.07) is 14.6. The first-order valence-electron chi connectivity index (χ1n) is 22.8. The molecule has 3 aromatic carbocycles. The van der Waals surface area contributed by atoms with Gasteiger partial charge in [0.05, 0.1) is 19.8 Å². The molecule has 3 aromatic rings. The van der Waals surface area contributed by atoms with Crippen LogP contribution in [0, 0.1) is 0 Å². The lowest BCUT2D eigenvalue weighted by Crippen LogP contribution is -2.25. The second kappa shape index (κ2) is 16.6. The van der Waals surface area contributed by atoms with E-state index in [0.29, 0.717) is 19.8 Å². The molecule has 0 N–H and O–H groups in total. The zero-order chi connectivity index (χ0) is 44.4. The van der Waals surface area contributed by atoms with Crippen LogP contribution < -0.4 is 14.2 Å². The number of rotatable bonds is 14. The summed E-state index contributed by atoms with van der Waals surface area (Å²) >= 11 is 0. The highest BCUT2D eigenvalue weighted by Gasteiger charge is 2.36. The maximum atomic E-state index is 6.68. The minimum Gasteiger partial charge on any atom is -0.490 e. The van der Waals surface area contributed by atoms with Gasteiger partial charge in [0.25, 0.3) is 0 Å².